The molecule has 0 radical (unpaired) electrons. The predicted octanol–water partition coefficient (Wildman–Crippen LogP) is 11.4. The Morgan fingerprint density at radius 2 is 1.26 bits per heavy atom. The second-order valence-electron chi connectivity index (χ2n) is 14.6. The first-order valence-electron chi connectivity index (χ1n) is 17.1. The van der Waals surface area contributed by atoms with Gasteiger partial charge in [-0.1, -0.05) is 86.1 Å². The highest BCUT2D eigenvalue weighted by Gasteiger charge is 2.46. The van der Waals surface area contributed by atoms with Crippen LogP contribution in [0.5, 0.6) is 0 Å². The molecule has 0 bridgehead atoms. The van der Waals surface area contributed by atoms with Gasteiger partial charge in [0.05, 0.1) is 0 Å². The maximum Gasteiger partial charge on any atom is 0.169 e. The zero-order chi connectivity index (χ0) is 29.6. The van der Waals surface area contributed by atoms with E-state index in [2.05, 4.69) is 105 Å². The predicted molar refractivity (Wildman–Crippen MR) is 184 cm³/mol. The molecule has 2 aliphatic carbocycles. The van der Waals surface area contributed by atoms with Crippen LogP contribution in [-0.4, -0.2) is 22.0 Å². The first-order chi connectivity index (χ1) is 20.2. The van der Waals surface area contributed by atoms with E-state index in [1.807, 2.05) is 0 Å². The second-order valence-corrected chi connectivity index (χ2v) is 20.3. The maximum atomic E-state index is 5.15. The zero-order valence-corrected chi connectivity index (χ0v) is 28.3. The molecule has 1 N–H and O–H groups in total. The lowest BCUT2D eigenvalue weighted by molar-refractivity contribution is 0.445. The Bertz CT molecular complexity index is 1510. The number of hydrogen-bond acceptors (Lipinski definition) is 2. The molecule has 0 atom stereocenters. The minimum Gasteiger partial charge on any atom is -0.373 e. The minimum absolute atomic E-state index is 0.656. The van der Waals surface area contributed by atoms with E-state index in [1.165, 1.54) is 86.1 Å². The molecule has 2 fully saturated rings. The van der Waals surface area contributed by atoms with E-state index in [9.17, 15) is 0 Å². The summed E-state index contributed by atoms with van der Waals surface area (Å²) in [5.41, 5.74) is 8.74. The molecule has 6 rings (SSSR count). The summed E-state index contributed by atoms with van der Waals surface area (Å²) in [6.07, 6.45) is 18.5. The Hall–Kier alpha value is -2.53. The maximum absolute atomic E-state index is 5.15. The topological polar surface area (TPSA) is 34.8 Å². The van der Waals surface area contributed by atoms with Crippen molar-refractivity contribution in [2.45, 2.75) is 134 Å². The highest BCUT2D eigenvalue weighted by molar-refractivity contribution is 6.82. The number of hydrogen-bond donors (Lipinski definition) is 1. The molecule has 0 aliphatic heterocycles. The van der Waals surface area contributed by atoms with Gasteiger partial charge in [-0.3, -0.25) is 0 Å². The average Bonchev–Trinajstić information content (AvgIpc) is 3.51. The first-order valence-corrected chi connectivity index (χ1v) is 19.3. The Morgan fingerprint density at radius 1 is 0.714 bits per heavy atom. The summed E-state index contributed by atoms with van der Waals surface area (Å²) < 4.78 is 5.09. The van der Waals surface area contributed by atoms with E-state index in [0.29, 0.717) is 28.5 Å². The number of aromatic nitrogens is 3. The van der Waals surface area contributed by atoms with E-state index >= 15 is 0 Å². The fourth-order valence-electron chi connectivity index (χ4n) is 9.46. The smallest absolute Gasteiger partial charge is 0.169 e. The molecular weight excluding hydrogens is 529 g/mol. The van der Waals surface area contributed by atoms with Gasteiger partial charge in [0.2, 0.25) is 0 Å². The molecule has 0 spiro atoms. The normalized spacial score (nSPS) is 17.9. The summed E-state index contributed by atoms with van der Waals surface area (Å²) in [6.45, 7) is 14.9. The van der Waals surface area contributed by atoms with Crippen LogP contribution in [0.2, 0.25) is 16.6 Å². The van der Waals surface area contributed by atoms with Gasteiger partial charge in [0.25, 0.3) is 0 Å². The van der Waals surface area contributed by atoms with Crippen LogP contribution in [0, 0.1) is 0 Å². The van der Waals surface area contributed by atoms with Gasteiger partial charge in [0, 0.05) is 35.2 Å². The monoisotopic (exact) mass is 582 g/mol. The fourth-order valence-corrected chi connectivity index (χ4v) is 16.1. The van der Waals surface area contributed by atoms with Crippen LogP contribution < -0.4 is 5.32 Å². The van der Waals surface area contributed by atoms with Crippen molar-refractivity contribution in [1.29, 1.82) is 0 Å². The van der Waals surface area contributed by atoms with Crippen LogP contribution in [0.1, 0.15) is 129 Å². The molecule has 0 unspecified atom stereocenters. The largest absolute Gasteiger partial charge is 0.373 e. The Balaban J connectivity index is 1.42. The summed E-state index contributed by atoms with van der Waals surface area (Å²) in [5.74, 6) is 2.31. The second kappa shape index (κ2) is 11.9. The SMILES string of the molecule is CC(C)[Si](C(C)C)(C(C)C)n1cc(C2CCCCC2)c2ccc(Nc3ccc4c(C5CCCCC5)cn(C)c4n3)cc21. The number of nitrogens with one attached hydrogen (secondary N) is 1. The molecule has 4 nitrogen and oxygen atoms in total. The first kappa shape index (κ1) is 29.5. The number of rotatable bonds is 8. The van der Waals surface area contributed by atoms with Crippen molar-refractivity contribution in [3.05, 3.63) is 53.9 Å². The van der Waals surface area contributed by atoms with E-state index in [0.717, 1.165) is 17.2 Å². The van der Waals surface area contributed by atoms with Crippen LogP contribution >= 0.6 is 0 Å². The number of fused-ring (bicyclic) bond motifs is 2. The van der Waals surface area contributed by atoms with Crippen LogP contribution in [-0.2, 0) is 7.05 Å². The highest BCUT2D eigenvalue weighted by atomic mass is 28.3. The lowest BCUT2D eigenvalue weighted by Gasteiger charge is -2.44. The van der Waals surface area contributed by atoms with Crippen molar-refractivity contribution in [2.75, 3.05) is 5.32 Å². The quantitative estimate of drug-likeness (QED) is 0.210. The molecule has 5 heteroatoms. The summed E-state index contributed by atoms with van der Waals surface area (Å²) in [6, 6.07) is 11.7. The van der Waals surface area contributed by atoms with Crippen molar-refractivity contribution in [3.63, 3.8) is 0 Å². The van der Waals surface area contributed by atoms with Gasteiger partial charge in [-0.15, -0.1) is 0 Å². The molecule has 226 valence electrons. The van der Waals surface area contributed by atoms with Crippen molar-refractivity contribution in [3.8, 4) is 0 Å². The molecule has 2 saturated carbocycles. The van der Waals surface area contributed by atoms with E-state index in [-0.39, 0.29) is 0 Å². The Morgan fingerprint density at radius 3 is 1.83 bits per heavy atom. The van der Waals surface area contributed by atoms with Crippen molar-refractivity contribution in [1.82, 2.24) is 13.8 Å². The van der Waals surface area contributed by atoms with Crippen molar-refractivity contribution in [2.24, 2.45) is 7.05 Å². The molecule has 0 saturated heterocycles. The van der Waals surface area contributed by atoms with Crippen molar-refractivity contribution < 1.29 is 0 Å². The van der Waals surface area contributed by atoms with Crippen LogP contribution in [0.25, 0.3) is 21.9 Å². The number of benzene rings is 1. The van der Waals surface area contributed by atoms with E-state index in [1.54, 1.807) is 5.56 Å². The van der Waals surface area contributed by atoms with E-state index < -0.39 is 8.24 Å². The third-order valence-corrected chi connectivity index (χ3v) is 18.0. The lowest BCUT2D eigenvalue weighted by atomic mass is 9.84. The van der Waals surface area contributed by atoms with Gasteiger partial charge in [-0.2, -0.15) is 0 Å². The standard InChI is InChI=1S/C37H54N4Si/c1-25(2)42(26(3)4,27(5)6)41-24-34(29-16-12-9-13-17-29)31-19-18-30(22-35(31)41)38-36-21-20-32-33(23-40(7)37(32)39-36)28-14-10-8-11-15-28/h18-29H,8-17H2,1-7H3,(H,38,39). The van der Waals surface area contributed by atoms with Crippen LogP contribution in [0.4, 0.5) is 11.5 Å². The fraction of sp³-hybridized carbons (Fsp3) is 0.595. The van der Waals surface area contributed by atoms with Gasteiger partial charge >= 0.3 is 0 Å². The van der Waals surface area contributed by atoms with Gasteiger partial charge in [-0.25, -0.2) is 4.98 Å². The molecule has 0 amide bonds. The third kappa shape index (κ3) is 5.04. The molecule has 42 heavy (non-hydrogen) atoms. The summed E-state index contributed by atoms with van der Waals surface area (Å²) in [4.78, 5) is 5.15. The summed E-state index contributed by atoms with van der Waals surface area (Å²) in [7, 11) is 0.244. The van der Waals surface area contributed by atoms with Crippen molar-refractivity contribution >= 4 is 41.7 Å². The molecule has 3 heterocycles. The molecule has 3 aromatic heterocycles. The summed E-state index contributed by atoms with van der Waals surface area (Å²) in [5, 5.41) is 6.55. The highest BCUT2D eigenvalue weighted by Crippen LogP contribution is 2.47. The third-order valence-electron chi connectivity index (χ3n) is 11.2. The number of aryl methyl sites for hydroxylation is 1. The molecule has 1 aromatic carbocycles. The van der Waals surface area contributed by atoms with E-state index in [4.69, 9.17) is 4.98 Å². The number of nitrogens with zero attached hydrogens (tertiary/aromatic N) is 3. The minimum atomic E-state index is -1.91. The van der Waals surface area contributed by atoms with Gasteiger partial charge < -0.3 is 14.1 Å². The Labute approximate surface area is 255 Å². The molecule has 4 aromatic rings. The molecular formula is C37H54N4Si. The van der Waals surface area contributed by atoms with Gasteiger partial charge in [0.15, 0.2) is 8.24 Å². The zero-order valence-electron chi connectivity index (χ0n) is 27.3. The summed E-state index contributed by atoms with van der Waals surface area (Å²) >= 11 is 0. The van der Waals surface area contributed by atoms with Gasteiger partial charge in [0.1, 0.15) is 11.5 Å². The number of anilines is 2. The Kier molecular flexibility index (Phi) is 8.34. The molecule has 2 aliphatic rings. The lowest BCUT2D eigenvalue weighted by Crippen LogP contribution is -2.51. The van der Waals surface area contributed by atoms with Crippen LogP contribution in [0.3, 0.4) is 0 Å². The van der Waals surface area contributed by atoms with Gasteiger partial charge in [-0.05, 0) is 95.7 Å². The number of pyridine rings is 1. The van der Waals surface area contributed by atoms with Crippen LogP contribution in [0.15, 0.2) is 42.7 Å². The average molecular weight is 583 g/mol.